The number of hydrogen-bond donors (Lipinski definition) is 1. The van der Waals surface area contributed by atoms with Gasteiger partial charge in [0.15, 0.2) is 6.61 Å². The van der Waals surface area contributed by atoms with Gasteiger partial charge in [-0.25, -0.2) is 0 Å². The van der Waals surface area contributed by atoms with Crippen LogP contribution in [0.5, 0.6) is 5.75 Å². The summed E-state index contributed by atoms with van der Waals surface area (Å²) in [6.45, 7) is 6.84. The van der Waals surface area contributed by atoms with E-state index in [9.17, 15) is 4.79 Å². The number of amides is 1. The molecule has 0 spiro atoms. The van der Waals surface area contributed by atoms with E-state index in [0.29, 0.717) is 5.92 Å². The Balaban J connectivity index is 1.88. The molecule has 1 saturated heterocycles. The highest BCUT2D eigenvalue weighted by atomic mass is 16.5. The van der Waals surface area contributed by atoms with Gasteiger partial charge < -0.3 is 15.0 Å². The molecule has 2 rings (SSSR count). The summed E-state index contributed by atoms with van der Waals surface area (Å²) in [4.78, 5) is 14.2. The summed E-state index contributed by atoms with van der Waals surface area (Å²) in [5.41, 5.74) is 2.22. The zero-order chi connectivity index (χ0) is 15.2. The van der Waals surface area contributed by atoms with Crippen molar-refractivity contribution in [3.63, 3.8) is 0 Å². The summed E-state index contributed by atoms with van der Waals surface area (Å²) in [5, 5.41) is 3.20. The molecule has 4 nitrogen and oxygen atoms in total. The van der Waals surface area contributed by atoms with Gasteiger partial charge in [0, 0.05) is 13.1 Å². The molecule has 1 aromatic rings. The van der Waals surface area contributed by atoms with Gasteiger partial charge in [0.1, 0.15) is 5.75 Å². The molecule has 0 saturated carbocycles. The molecule has 1 unspecified atom stereocenters. The van der Waals surface area contributed by atoms with Crippen molar-refractivity contribution in [2.75, 3.05) is 33.3 Å². The average Bonchev–Trinajstić information content (AvgIpc) is 2.48. The Hall–Kier alpha value is -1.55. The first-order valence-corrected chi connectivity index (χ1v) is 7.72. The van der Waals surface area contributed by atoms with Crippen LogP contribution in [0.15, 0.2) is 18.2 Å². The highest BCUT2D eigenvalue weighted by molar-refractivity contribution is 5.78. The SMILES string of the molecule is CNCC1CCCN(C(=O)COc2cc(C)ccc2C)C1. The minimum atomic E-state index is 0.0942. The Bertz CT molecular complexity index is 486. The molecule has 0 aliphatic carbocycles. The van der Waals surface area contributed by atoms with Gasteiger partial charge >= 0.3 is 0 Å². The van der Waals surface area contributed by atoms with Gasteiger partial charge in [0.05, 0.1) is 0 Å². The summed E-state index contributed by atoms with van der Waals surface area (Å²) >= 11 is 0. The van der Waals surface area contributed by atoms with E-state index in [4.69, 9.17) is 4.74 Å². The largest absolute Gasteiger partial charge is 0.483 e. The fourth-order valence-corrected chi connectivity index (χ4v) is 2.84. The highest BCUT2D eigenvalue weighted by Crippen LogP contribution is 2.20. The summed E-state index contributed by atoms with van der Waals surface area (Å²) < 4.78 is 5.72. The summed E-state index contributed by atoms with van der Waals surface area (Å²) in [5.74, 6) is 1.47. The number of benzene rings is 1. The molecule has 0 aromatic heterocycles. The molecule has 1 aromatic carbocycles. The van der Waals surface area contributed by atoms with Crippen molar-refractivity contribution in [2.24, 2.45) is 5.92 Å². The number of carbonyl (C=O) groups is 1. The van der Waals surface area contributed by atoms with Crippen LogP contribution in [0.1, 0.15) is 24.0 Å². The van der Waals surface area contributed by atoms with E-state index in [1.165, 1.54) is 6.42 Å². The van der Waals surface area contributed by atoms with Crippen LogP contribution in [0.25, 0.3) is 0 Å². The quantitative estimate of drug-likeness (QED) is 0.903. The number of carbonyl (C=O) groups excluding carboxylic acids is 1. The van der Waals surface area contributed by atoms with Crippen molar-refractivity contribution >= 4 is 5.91 Å². The van der Waals surface area contributed by atoms with Crippen LogP contribution >= 0.6 is 0 Å². The van der Waals surface area contributed by atoms with Gasteiger partial charge in [0.2, 0.25) is 0 Å². The van der Waals surface area contributed by atoms with Crippen molar-refractivity contribution in [1.29, 1.82) is 0 Å². The number of nitrogens with zero attached hydrogens (tertiary/aromatic N) is 1. The molecular weight excluding hydrogens is 264 g/mol. The molecule has 0 bridgehead atoms. The van der Waals surface area contributed by atoms with Crippen molar-refractivity contribution < 1.29 is 9.53 Å². The van der Waals surface area contributed by atoms with Crippen LogP contribution in [0, 0.1) is 19.8 Å². The third-order valence-corrected chi connectivity index (χ3v) is 4.06. The minimum Gasteiger partial charge on any atom is -0.483 e. The van der Waals surface area contributed by atoms with Crippen LogP contribution < -0.4 is 10.1 Å². The molecule has 1 aliphatic heterocycles. The molecule has 1 amide bonds. The molecule has 1 fully saturated rings. The van der Waals surface area contributed by atoms with Crippen molar-refractivity contribution in [3.05, 3.63) is 29.3 Å². The molecule has 116 valence electrons. The monoisotopic (exact) mass is 290 g/mol. The number of piperidine rings is 1. The normalized spacial score (nSPS) is 18.6. The van der Waals surface area contributed by atoms with Crippen LogP contribution in [-0.4, -0.2) is 44.1 Å². The molecular formula is C17H26N2O2. The fraction of sp³-hybridized carbons (Fsp3) is 0.588. The first-order chi connectivity index (χ1) is 10.1. The lowest BCUT2D eigenvalue weighted by Crippen LogP contribution is -2.44. The Morgan fingerprint density at radius 3 is 3.00 bits per heavy atom. The van der Waals surface area contributed by atoms with Gasteiger partial charge in [-0.1, -0.05) is 12.1 Å². The number of hydrogen-bond acceptors (Lipinski definition) is 3. The van der Waals surface area contributed by atoms with Crippen LogP contribution in [0.4, 0.5) is 0 Å². The van der Waals surface area contributed by atoms with Gasteiger partial charge in [0.25, 0.3) is 5.91 Å². The molecule has 1 N–H and O–H groups in total. The lowest BCUT2D eigenvalue weighted by molar-refractivity contribution is -0.135. The number of nitrogens with one attached hydrogen (secondary N) is 1. The number of aryl methyl sites for hydroxylation is 2. The van der Waals surface area contributed by atoms with Gasteiger partial charge in [-0.05, 0) is 63.4 Å². The predicted octanol–water partition coefficient (Wildman–Crippen LogP) is 2.14. The predicted molar refractivity (Wildman–Crippen MR) is 84.6 cm³/mol. The second kappa shape index (κ2) is 7.46. The van der Waals surface area contributed by atoms with Crippen LogP contribution in [0.3, 0.4) is 0 Å². The Morgan fingerprint density at radius 2 is 2.24 bits per heavy atom. The second-order valence-corrected chi connectivity index (χ2v) is 5.96. The average molecular weight is 290 g/mol. The zero-order valence-corrected chi connectivity index (χ0v) is 13.3. The Morgan fingerprint density at radius 1 is 1.43 bits per heavy atom. The molecule has 1 aliphatic rings. The molecule has 0 radical (unpaired) electrons. The minimum absolute atomic E-state index is 0.0942. The van der Waals surface area contributed by atoms with E-state index in [-0.39, 0.29) is 12.5 Å². The second-order valence-electron chi connectivity index (χ2n) is 5.96. The van der Waals surface area contributed by atoms with E-state index >= 15 is 0 Å². The lowest BCUT2D eigenvalue weighted by Gasteiger charge is -2.32. The summed E-state index contributed by atoms with van der Waals surface area (Å²) in [6, 6.07) is 6.07. The van der Waals surface area contributed by atoms with Crippen molar-refractivity contribution in [1.82, 2.24) is 10.2 Å². The van der Waals surface area contributed by atoms with E-state index in [0.717, 1.165) is 42.9 Å². The van der Waals surface area contributed by atoms with E-state index < -0.39 is 0 Å². The molecule has 1 heterocycles. The smallest absolute Gasteiger partial charge is 0.260 e. The third-order valence-electron chi connectivity index (χ3n) is 4.06. The Kier molecular flexibility index (Phi) is 5.62. The van der Waals surface area contributed by atoms with Crippen molar-refractivity contribution in [3.8, 4) is 5.75 Å². The van der Waals surface area contributed by atoms with E-state index in [1.54, 1.807) is 0 Å². The van der Waals surface area contributed by atoms with Crippen LogP contribution in [-0.2, 0) is 4.79 Å². The first kappa shape index (κ1) is 15.8. The van der Waals surface area contributed by atoms with Gasteiger partial charge in [-0.3, -0.25) is 4.79 Å². The first-order valence-electron chi connectivity index (χ1n) is 7.72. The lowest BCUT2D eigenvalue weighted by atomic mass is 9.98. The highest BCUT2D eigenvalue weighted by Gasteiger charge is 2.23. The molecule has 4 heteroatoms. The van der Waals surface area contributed by atoms with Gasteiger partial charge in [-0.2, -0.15) is 0 Å². The number of likely N-dealkylation sites (tertiary alicyclic amines) is 1. The summed E-state index contributed by atoms with van der Waals surface area (Å²) in [7, 11) is 1.96. The topological polar surface area (TPSA) is 41.6 Å². The maximum absolute atomic E-state index is 12.3. The molecule has 1 atom stereocenters. The summed E-state index contributed by atoms with van der Waals surface area (Å²) in [6.07, 6.45) is 2.28. The zero-order valence-electron chi connectivity index (χ0n) is 13.3. The number of rotatable bonds is 5. The fourth-order valence-electron chi connectivity index (χ4n) is 2.84. The number of ether oxygens (including phenoxy) is 1. The maximum Gasteiger partial charge on any atom is 0.260 e. The standard InChI is InChI=1S/C17H26N2O2/c1-13-6-7-14(2)16(9-13)21-12-17(20)19-8-4-5-15(11-19)10-18-3/h6-7,9,15,18H,4-5,8,10-12H2,1-3H3. The molecule has 21 heavy (non-hydrogen) atoms. The van der Waals surface area contributed by atoms with Crippen LogP contribution in [0.2, 0.25) is 0 Å². The maximum atomic E-state index is 12.3. The van der Waals surface area contributed by atoms with Gasteiger partial charge in [-0.15, -0.1) is 0 Å². The third kappa shape index (κ3) is 4.46. The Labute approximate surface area is 127 Å². The van der Waals surface area contributed by atoms with Crippen molar-refractivity contribution in [2.45, 2.75) is 26.7 Å². The van der Waals surface area contributed by atoms with E-state index in [2.05, 4.69) is 11.4 Å². The van der Waals surface area contributed by atoms with E-state index in [1.807, 2.05) is 37.9 Å².